The molecule has 0 bridgehead atoms. The maximum Gasteiger partial charge on any atom is 0.340 e. The van der Waals surface area contributed by atoms with E-state index in [2.05, 4.69) is 35.1 Å². The van der Waals surface area contributed by atoms with E-state index >= 15 is 0 Å². The summed E-state index contributed by atoms with van der Waals surface area (Å²) in [6, 6.07) is 3.48. The predicted molar refractivity (Wildman–Crippen MR) is 106 cm³/mol. The number of fused-ring (bicyclic) bond motifs is 1. The summed E-state index contributed by atoms with van der Waals surface area (Å²) in [4.78, 5) is 14.1. The van der Waals surface area contributed by atoms with E-state index < -0.39 is 0 Å². The van der Waals surface area contributed by atoms with Crippen LogP contribution in [0.25, 0.3) is 10.9 Å². The minimum absolute atomic E-state index is 0.120. The van der Waals surface area contributed by atoms with Gasteiger partial charge in [0, 0.05) is 12.4 Å². The van der Waals surface area contributed by atoms with Crippen LogP contribution in [0.5, 0.6) is 5.75 Å². The van der Waals surface area contributed by atoms with E-state index in [9.17, 15) is 9.90 Å². The molecule has 0 atom stereocenters. The van der Waals surface area contributed by atoms with E-state index in [1.54, 1.807) is 17.9 Å². The van der Waals surface area contributed by atoms with Gasteiger partial charge in [0.05, 0.1) is 40.9 Å². The van der Waals surface area contributed by atoms with E-state index in [0.29, 0.717) is 23.2 Å². The third-order valence-corrected chi connectivity index (χ3v) is 5.54. The molecule has 2 rings (SSSR count). The Morgan fingerprint density at radius 3 is 2.62 bits per heavy atom. The van der Waals surface area contributed by atoms with Crippen LogP contribution in [-0.4, -0.2) is 48.4 Å². The van der Waals surface area contributed by atoms with Crippen molar-refractivity contribution in [2.75, 3.05) is 32.8 Å². The SMILES string of the molecule is CCOC(=O)c1c(C[NH2+]CC[NH+](CC)CC)n(C)c2cc(Br)c(O)cc12. The summed E-state index contributed by atoms with van der Waals surface area (Å²) in [6.45, 7) is 11.6. The molecule has 1 aromatic carbocycles. The first-order chi connectivity index (χ1) is 12.4. The fraction of sp³-hybridized carbons (Fsp3) is 0.526. The van der Waals surface area contributed by atoms with Crippen molar-refractivity contribution in [1.29, 1.82) is 0 Å². The van der Waals surface area contributed by atoms with Gasteiger partial charge in [-0.1, -0.05) is 0 Å². The van der Waals surface area contributed by atoms with E-state index in [-0.39, 0.29) is 11.7 Å². The number of ether oxygens (including phenoxy) is 1. The van der Waals surface area contributed by atoms with Crippen LogP contribution >= 0.6 is 15.9 Å². The number of quaternary nitrogens is 2. The molecule has 0 radical (unpaired) electrons. The fourth-order valence-corrected chi connectivity index (χ4v) is 3.65. The molecule has 0 amide bonds. The molecule has 1 aromatic heterocycles. The number of likely N-dealkylation sites (N-methyl/N-ethyl adjacent to an activating group) is 1. The van der Waals surface area contributed by atoms with Gasteiger partial charge in [0.2, 0.25) is 0 Å². The summed E-state index contributed by atoms with van der Waals surface area (Å²) in [5, 5.41) is 13.0. The molecular formula is C19H30BrN3O3+2. The minimum Gasteiger partial charge on any atom is -0.507 e. The molecule has 0 aliphatic carbocycles. The largest absolute Gasteiger partial charge is 0.507 e. The number of aromatic nitrogens is 1. The summed E-state index contributed by atoms with van der Waals surface area (Å²) in [6.07, 6.45) is 0. The lowest BCUT2D eigenvalue weighted by Gasteiger charge is -2.14. The number of phenols is 1. The van der Waals surface area contributed by atoms with E-state index in [4.69, 9.17) is 4.74 Å². The Balaban J connectivity index is 2.33. The van der Waals surface area contributed by atoms with Crippen LogP contribution < -0.4 is 10.2 Å². The standard InChI is InChI=1S/C19H28BrN3O3/c1-5-23(6-2)9-8-21-12-16-18(19(25)26-7-3)13-10-17(24)14(20)11-15(13)22(16)4/h10-11,21,24H,5-9,12H2,1-4H3/p+2. The number of benzene rings is 1. The first-order valence-corrected chi connectivity index (χ1v) is 10.1. The van der Waals surface area contributed by atoms with Gasteiger partial charge in [-0.05, 0) is 48.8 Å². The molecule has 6 nitrogen and oxygen atoms in total. The average Bonchev–Trinajstić information content (AvgIpc) is 2.87. The molecule has 0 saturated heterocycles. The van der Waals surface area contributed by atoms with Crippen LogP contribution in [0, 0.1) is 0 Å². The number of nitrogens with one attached hydrogen (secondary N) is 1. The molecule has 26 heavy (non-hydrogen) atoms. The third kappa shape index (κ3) is 4.39. The highest BCUT2D eigenvalue weighted by Crippen LogP contribution is 2.34. The van der Waals surface area contributed by atoms with Gasteiger partial charge in [-0.2, -0.15) is 0 Å². The fourth-order valence-electron chi connectivity index (χ4n) is 3.32. The summed E-state index contributed by atoms with van der Waals surface area (Å²) >= 11 is 3.36. The first kappa shape index (κ1) is 20.7. The van der Waals surface area contributed by atoms with Gasteiger partial charge in [0.25, 0.3) is 0 Å². The van der Waals surface area contributed by atoms with E-state index in [1.165, 1.54) is 0 Å². The van der Waals surface area contributed by atoms with Crippen LogP contribution in [0.1, 0.15) is 36.8 Å². The molecule has 4 N–H and O–H groups in total. The van der Waals surface area contributed by atoms with Crippen molar-refractivity contribution < 1.29 is 24.9 Å². The van der Waals surface area contributed by atoms with Gasteiger partial charge in [-0.15, -0.1) is 0 Å². The number of nitrogens with two attached hydrogens (primary N) is 1. The maximum atomic E-state index is 12.6. The van der Waals surface area contributed by atoms with Crippen molar-refractivity contribution in [2.45, 2.75) is 27.3 Å². The zero-order valence-corrected chi connectivity index (χ0v) is 17.6. The number of phenolic OH excluding ortho intramolecular Hbond substituents is 1. The van der Waals surface area contributed by atoms with Crippen molar-refractivity contribution in [3.05, 3.63) is 27.9 Å². The lowest BCUT2D eigenvalue weighted by molar-refractivity contribution is -0.910. The van der Waals surface area contributed by atoms with Crippen molar-refractivity contribution in [2.24, 2.45) is 7.05 Å². The van der Waals surface area contributed by atoms with Crippen molar-refractivity contribution in [3.63, 3.8) is 0 Å². The van der Waals surface area contributed by atoms with Crippen molar-refractivity contribution in [3.8, 4) is 5.75 Å². The van der Waals surface area contributed by atoms with Crippen LogP contribution in [0.15, 0.2) is 16.6 Å². The molecule has 0 aliphatic rings. The number of rotatable bonds is 9. The van der Waals surface area contributed by atoms with Gasteiger partial charge in [-0.25, -0.2) is 4.79 Å². The van der Waals surface area contributed by atoms with Gasteiger partial charge < -0.3 is 24.6 Å². The number of aryl methyl sites for hydroxylation is 1. The van der Waals surface area contributed by atoms with Crippen molar-refractivity contribution >= 4 is 32.8 Å². The normalized spacial score (nSPS) is 11.5. The second-order valence-electron chi connectivity index (χ2n) is 6.41. The maximum absolute atomic E-state index is 12.6. The molecule has 0 unspecified atom stereocenters. The smallest absolute Gasteiger partial charge is 0.340 e. The topological polar surface area (TPSA) is 72.5 Å². The highest BCUT2D eigenvalue weighted by molar-refractivity contribution is 9.10. The highest BCUT2D eigenvalue weighted by atomic mass is 79.9. The number of carbonyl (C=O) groups is 1. The molecule has 0 fully saturated rings. The Morgan fingerprint density at radius 1 is 1.31 bits per heavy atom. The summed E-state index contributed by atoms with van der Waals surface area (Å²) < 4.78 is 7.91. The lowest BCUT2D eigenvalue weighted by atomic mass is 10.1. The Morgan fingerprint density at radius 2 is 2.00 bits per heavy atom. The zero-order chi connectivity index (χ0) is 19.3. The van der Waals surface area contributed by atoms with Crippen LogP contribution in [-0.2, 0) is 18.3 Å². The number of carbonyl (C=O) groups excluding carboxylic acids is 1. The molecule has 0 saturated carbocycles. The Hall–Kier alpha value is -1.57. The Kier molecular flexibility index (Phi) is 7.49. The molecule has 7 heteroatoms. The predicted octanol–water partition coefficient (Wildman–Crippen LogP) is 0.811. The quantitative estimate of drug-likeness (QED) is 0.409. The second kappa shape index (κ2) is 9.39. The Labute approximate surface area is 163 Å². The van der Waals surface area contributed by atoms with Crippen LogP contribution in [0.4, 0.5) is 0 Å². The minimum atomic E-state index is -0.336. The first-order valence-electron chi connectivity index (χ1n) is 9.26. The molecule has 0 aliphatic heterocycles. The molecule has 1 heterocycles. The zero-order valence-electron chi connectivity index (χ0n) is 16.1. The average molecular weight is 428 g/mol. The number of aromatic hydroxyl groups is 1. The second-order valence-corrected chi connectivity index (χ2v) is 7.26. The number of esters is 1. The third-order valence-electron chi connectivity index (χ3n) is 4.91. The van der Waals surface area contributed by atoms with Crippen LogP contribution in [0.2, 0.25) is 0 Å². The molecule has 144 valence electrons. The van der Waals surface area contributed by atoms with Gasteiger partial charge in [0.1, 0.15) is 25.4 Å². The molecule has 0 spiro atoms. The number of halogens is 1. The lowest BCUT2D eigenvalue weighted by Crippen LogP contribution is -3.14. The van der Waals surface area contributed by atoms with E-state index in [1.807, 2.05) is 17.7 Å². The van der Waals surface area contributed by atoms with Gasteiger partial charge >= 0.3 is 5.97 Å². The van der Waals surface area contributed by atoms with E-state index in [0.717, 1.165) is 42.8 Å². The summed E-state index contributed by atoms with van der Waals surface area (Å²) in [7, 11) is 1.95. The molecule has 2 aromatic rings. The number of hydrogen-bond acceptors (Lipinski definition) is 3. The summed E-state index contributed by atoms with van der Waals surface area (Å²) in [5.41, 5.74) is 2.37. The highest BCUT2D eigenvalue weighted by Gasteiger charge is 2.24. The number of nitrogens with zero attached hydrogens (tertiary/aromatic N) is 1. The summed E-state index contributed by atoms with van der Waals surface area (Å²) in [5.74, 6) is -0.216. The molecular weight excluding hydrogens is 398 g/mol. The monoisotopic (exact) mass is 427 g/mol. The Bertz CT molecular complexity index is 769. The number of hydrogen-bond donors (Lipinski definition) is 3. The van der Waals surface area contributed by atoms with Crippen molar-refractivity contribution in [1.82, 2.24) is 4.57 Å². The van der Waals surface area contributed by atoms with Crippen LogP contribution in [0.3, 0.4) is 0 Å². The van der Waals surface area contributed by atoms with Gasteiger partial charge in [0.15, 0.2) is 0 Å². The van der Waals surface area contributed by atoms with Gasteiger partial charge in [-0.3, -0.25) is 0 Å².